The van der Waals surface area contributed by atoms with Crippen LogP contribution in [0.15, 0.2) is 24.3 Å². The standard InChI is InChI=1S/C19H20N3.3C4H9.Sn/c1-4-17-21-18-12(2)11-13(3)20-19(18)22(17)16-10-9-14-7-5-6-8-15(14)16;3*1-3-4-2;/h6-8,11,16H,4,9-10H2,1-3H3;3*1,3-4H2,2H3;. The van der Waals surface area contributed by atoms with Gasteiger partial charge in [0.05, 0.1) is 0 Å². The molecule has 0 saturated heterocycles. The number of aryl methyl sites for hydroxylation is 4. The van der Waals surface area contributed by atoms with Crippen LogP contribution >= 0.6 is 0 Å². The van der Waals surface area contributed by atoms with Crippen LogP contribution < -0.4 is 3.58 Å². The van der Waals surface area contributed by atoms with Gasteiger partial charge in [0.2, 0.25) is 0 Å². The van der Waals surface area contributed by atoms with Gasteiger partial charge in [-0.1, -0.05) is 0 Å². The number of hydrogen-bond donors (Lipinski definition) is 0. The summed E-state index contributed by atoms with van der Waals surface area (Å²) in [5, 5.41) is 0. The van der Waals surface area contributed by atoms with Crippen LogP contribution in [-0.2, 0) is 12.8 Å². The van der Waals surface area contributed by atoms with Crippen molar-refractivity contribution in [3.63, 3.8) is 0 Å². The average molecular weight is 580 g/mol. The average Bonchev–Trinajstić information content (AvgIpc) is 3.44. The van der Waals surface area contributed by atoms with Crippen molar-refractivity contribution in [2.45, 2.75) is 119 Å². The number of fused-ring (bicyclic) bond motifs is 2. The molecule has 1 aromatic carbocycles. The van der Waals surface area contributed by atoms with Crippen molar-refractivity contribution in [1.82, 2.24) is 14.5 Å². The van der Waals surface area contributed by atoms with Crippen molar-refractivity contribution < 1.29 is 0 Å². The van der Waals surface area contributed by atoms with Gasteiger partial charge < -0.3 is 0 Å². The molecule has 1 aliphatic rings. The van der Waals surface area contributed by atoms with Gasteiger partial charge in [-0.3, -0.25) is 0 Å². The number of hydrogen-bond acceptors (Lipinski definition) is 2. The van der Waals surface area contributed by atoms with Gasteiger partial charge in [-0.05, 0) is 0 Å². The number of pyridine rings is 1. The quantitative estimate of drug-likeness (QED) is 0.202. The fraction of sp³-hybridized carbons (Fsp3) is 0.613. The van der Waals surface area contributed by atoms with E-state index < -0.39 is 18.4 Å². The van der Waals surface area contributed by atoms with E-state index in [-0.39, 0.29) is 0 Å². The molecule has 0 saturated carbocycles. The summed E-state index contributed by atoms with van der Waals surface area (Å²) in [5.41, 5.74) is 7.66. The third kappa shape index (κ3) is 5.36. The second-order valence-corrected chi connectivity index (χ2v) is 24.3. The molecule has 1 unspecified atom stereocenters. The molecule has 190 valence electrons. The molecular formula is C31H47N3Sn. The Labute approximate surface area is 218 Å². The van der Waals surface area contributed by atoms with E-state index >= 15 is 0 Å². The minimum absolute atomic E-state index is 0.374. The Morgan fingerprint density at radius 2 is 1.54 bits per heavy atom. The van der Waals surface area contributed by atoms with Crippen molar-refractivity contribution in [3.05, 3.63) is 52.5 Å². The van der Waals surface area contributed by atoms with Crippen LogP contribution in [0.3, 0.4) is 0 Å². The first-order valence-corrected chi connectivity index (χ1v) is 21.9. The Kier molecular flexibility index (Phi) is 8.99. The number of imidazole rings is 1. The zero-order chi connectivity index (χ0) is 25.0. The van der Waals surface area contributed by atoms with Crippen molar-refractivity contribution in [2.24, 2.45) is 0 Å². The second kappa shape index (κ2) is 11.8. The molecule has 0 aliphatic heterocycles. The van der Waals surface area contributed by atoms with Crippen LogP contribution in [0.4, 0.5) is 0 Å². The molecule has 0 N–H and O–H groups in total. The molecule has 4 rings (SSSR count). The Hall–Kier alpha value is -1.36. The fourth-order valence-electron chi connectivity index (χ4n) is 6.55. The topological polar surface area (TPSA) is 30.7 Å². The molecule has 0 spiro atoms. The SMILES string of the molecule is CCC[CH2][Sn]([CH2]CCC)([CH2]CCC)[c]1ccc2c(c1)CCC2n1c(CC)nc2c(C)cc(C)nc21. The van der Waals surface area contributed by atoms with Crippen molar-refractivity contribution in [3.8, 4) is 0 Å². The summed E-state index contributed by atoms with van der Waals surface area (Å²) in [6.45, 7) is 13.7. The molecule has 35 heavy (non-hydrogen) atoms. The van der Waals surface area contributed by atoms with Crippen molar-refractivity contribution in [2.75, 3.05) is 0 Å². The molecule has 1 aliphatic carbocycles. The molecule has 2 aromatic heterocycles. The van der Waals surface area contributed by atoms with Crippen LogP contribution in [0, 0.1) is 13.8 Å². The summed E-state index contributed by atoms with van der Waals surface area (Å²) in [6.07, 6.45) is 11.6. The number of nitrogens with zero attached hydrogens (tertiary/aromatic N) is 3. The van der Waals surface area contributed by atoms with Gasteiger partial charge in [0.15, 0.2) is 0 Å². The first-order chi connectivity index (χ1) is 17.0. The summed E-state index contributed by atoms with van der Waals surface area (Å²) < 4.78 is 8.94. The first kappa shape index (κ1) is 26.7. The van der Waals surface area contributed by atoms with Gasteiger partial charge in [-0.25, -0.2) is 0 Å². The van der Waals surface area contributed by atoms with Gasteiger partial charge >= 0.3 is 219 Å². The third-order valence-electron chi connectivity index (χ3n) is 8.50. The molecular weight excluding hydrogens is 533 g/mol. The molecule has 3 nitrogen and oxygen atoms in total. The van der Waals surface area contributed by atoms with E-state index in [4.69, 9.17) is 9.97 Å². The normalized spacial score (nSPS) is 15.8. The van der Waals surface area contributed by atoms with E-state index in [0.717, 1.165) is 23.3 Å². The molecule has 0 radical (unpaired) electrons. The molecule has 0 amide bonds. The summed E-state index contributed by atoms with van der Waals surface area (Å²) >= 11 is -2.41. The molecule has 4 heteroatoms. The van der Waals surface area contributed by atoms with Crippen LogP contribution in [0.2, 0.25) is 13.3 Å². The Bertz CT molecular complexity index is 1120. The monoisotopic (exact) mass is 581 g/mol. The van der Waals surface area contributed by atoms with Crippen molar-refractivity contribution >= 4 is 33.1 Å². The van der Waals surface area contributed by atoms with E-state index in [0.29, 0.717) is 6.04 Å². The Morgan fingerprint density at radius 3 is 2.14 bits per heavy atom. The maximum atomic E-state index is 5.06. The first-order valence-electron chi connectivity index (χ1n) is 14.5. The predicted molar refractivity (Wildman–Crippen MR) is 154 cm³/mol. The van der Waals surface area contributed by atoms with Gasteiger partial charge in [0, 0.05) is 0 Å². The van der Waals surface area contributed by atoms with E-state index in [2.05, 4.69) is 70.4 Å². The van der Waals surface area contributed by atoms with Crippen LogP contribution in [-0.4, -0.2) is 32.9 Å². The number of benzene rings is 1. The van der Waals surface area contributed by atoms with E-state index in [1.165, 1.54) is 68.3 Å². The Balaban J connectivity index is 1.76. The van der Waals surface area contributed by atoms with Gasteiger partial charge in [-0.15, -0.1) is 0 Å². The number of aromatic nitrogens is 3. The Morgan fingerprint density at radius 1 is 0.886 bits per heavy atom. The predicted octanol–water partition coefficient (Wildman–Crippen LogP) is 8.20. The van der Waals surface area contributed by atoms with Gasteiger partial charge in [0.25, 0.3) is 0 Å². The minimum atomic E-state index is -2.41. The molecule has 3 aromatic rings. The van der Waals surface area contributed by atoms with Crippen LogP contribution in [0.1, 0.15) is 107 Å². The summed E-state index contributed by atoms with van der Waals surface area (Å²) in [6, 6.07) is 10.4. The van der Waals surface area contributed by atoms with Crippen molar-refractivity contribution in [1.29, 1.82) is 0 Å². The van der Waals surface area contributed by atoms with Gasteiger partial charge in [0.1, 0.15) is 0 Å². The van der Waals surface area contributed by atoms with E-state index in [1.807, 2.05) is 3.58 Å². The second-order valence-electron chi connectivity index (χ2n) is 11.1. The van der Waals surface area contributed by atoms with Crippen LogP contribution in [0.5, 0.6) is 0 Å². The van der Waals surface area contributed by atoms with E-state index in [9.17, 15) is 0 Å². The summed E-state index contributed by atoms with van der Waals surface area (Å²) in [5.74, 6) is 1.19. The summed E-state index contributed by atoms with van der Waals surface area (Å²) in [4.78, 5) is 10.0. The zero-order valence-electron chi connectivity index (χ0n) is 23.2. The zero-order valence-corrected chi connectivity index (χ0v) is 26.1. The van der Waals surface area contributed by atoms with E-state index in [1.54, 1.807) is 18.9 Å². The van der Waals surface area contributed by atoms with Gasteiger partial charge in [-0.2, -0.15) is 0 Å². The molecule has 0 bridgehead atoms. The maximum absolute atomic E-state index is 5.06. The fourth-order valence-corrected chi connectivity index (χ4v) is 22.6. The number of unbranched alkanes of at least 4 members (excludes halogenated alkanes) is 3. The number of rotatable bonds is 12. The molecule has 2 heterocycles. The third-order valence-corrected chi connectivity index (χ3v) is 24.1. The van der Waals surface area contributed by atoms with Crippen LogP contribution in [0.25, 0.3) is 11.2 Å². The molecule has 1 atom stereocenters. The summed E-state index contributed by atoms with van der Waals surface area (Å²) in [7, 11) is 0. The molecule has 0 fully saturated rings.